The van der Waals surface area contributed by atoms with Crippen LogP contribution in [0.2, 0.25) is 10.0 Å². The van der Waals surface area contributed by atoms with Crippen LogP contribution in [0.25, 0.3) is 6.08 Å². The molecule has 0 spiro atoms. The first-order valence-electron chi connectivity index (χ1n) is 13.2. The smallest absolute Gasteiger partial charge is 0.328 e. The molecule has 1 heterocycles. The van der Waals surface area contributed by atoms with E-state index in [-0.39, 0.29) is 6.10 Å². The van der Waals surface area contributed by atoms with E-state index in [0.717, 1.165) is 60.4 Å². The maximum absolute atomic E-state index is 9.55. The van der Waals surface area contributed by atoms with Crippen molar-refractivity contribution >= 4 is 41.2 Å². The van der Waals surface area contributed by atoms with Crippen LogP contribution < -0.4 is 0 Å². The molecule has 0 bridgehead atoms. The first kappa shape index (κ1) is 32.1. The molecule has 7 nitrogen and oxygen atoms in total. The van der Waals surface area contributed by atoms with Crippen LogP contribution in [0.15, 0.2) is 97.1 Å². The second-order valence-corrected chi connectivity index (χ2v) is 10.2. The zero-order valence-corrected chi connectivity index (χ0v) is 24.1. The van der Waals surface area contributed by atoms with E-state index < -0.39 is 11.9 Å². The maximum atomic E-state index is 9.55. The minimum atomic E-state index is -1.26. The molecule has 41 heavy (non-hydrogen) atoms. The number of rotatable bonds is 11. The van der Waals surface area contributed by atoms with E-state index >= 15 is 0 Å². The summed E-state index contributed by atoms with van der Waals surface area (Å²) in [4.78, 5) is 24.1. The highest BCUT2D eigenvalue weighted by Crippen LogP contribution is 2.28. The third-order valence-electron chi connectivity index (χ3n) is 6.34. The van der Waals surface area contributed by atoms with Gasteiger partial charge < -0.3 is 14.9 Å². The van der Waals surface area contributed by atoms with Crippen molar-refractivity contribution in [1.29, 1.82) is 0 Å². The Hall–Kier alpha value is -3.46. The topological polar surface area (TPSA) is 90.3 Å². The standard InChI is InChI=1S/C28H30Cl2N2O.C4H4O4/c29-26-12-8-24(9-13-26)28(25-10-14-27(30)15-11-25)33-22-21-32-19-17-31(18-20-32)16-4-7-23-5-2-1-3-6-23;5-3(6)1-2-4(7)8/h1-15,28H,16-22H2;1-2H,(H,5,6)(H,7,8). The van der Waals surface area contributed by atoms with Crippen LogP contribution in [0.5, 0.6) is 0 Å². The molecule has 0 atom stereocenters. The zero-order valence-electron chi connectivity index (χ0n) is 22.6. The molecule has 3 aromatic carbocycles. The molecule has 0 saturated carbocycles. The summed E-state index contributed by atoms with van der Waals surface area (Å²) in [6.07, 6.45) is 5.44. The second-order valence-electron chi connectivity index (χ2n) is 9.32. The third kappa shape index (κ3) is 12.3. The molecular weight excluding hydrogens is 563 g/mol. The molecule has 0 aromatic heterocycles. The minimum absolute atomic E-state index is 0.135. The van der Waals surface area contributed by atoms with Crippen molar-refractivity contribution in [2.24, 2.45) is 0 Å². The van der Waals surface area contributed by atoms with Gasteiger partial charge in [0, 0.05) is 61.5 Å². The predicted octanol–water partition coefficient (Wildman–Crippen LogP) is 6.14. The van der Waals surface area contributed by atoms with Crippen LogP contribution in [0.3, 0.4) is 0 Å². The first-order chi connectivity index (χ1) is 19.8. The molecule has 2 N–H and O–H groups in total. The van der Waals surface area contributed by atoms with Gasteiger partial charge >= 0.3 is 11.9 Å². The largest absolute Gasteiger partial charge is 0.478 e. The Morgan fingerprint density at radius 2 is 1.24 bits per heavy atom. The number of hydrogen-bond acceptors (Lipinski definition) is 5. The van der Waals surface area contributed by atoms with Crippen molar-refractivity contribution < 1.29 is 24.5 Å². The van der Waals surface area contributed by atoms with Gasteiger partial charge in [-0.2, -0.15) is 0 Å². The summed E-state index contributed by atoms with van der Waals surface area (Å²) in [7, 11) is 0. The second kappa shape index (κ2) is 17.4. The number of aliphatic carboxylic acids is 2. The number of carboxylic acid groups (broad SMARTS) is 2. The lowest BCUT2D eigenvalue weighted by molar-refractivity contribution is -0.134. The Kier molecular flexibility index (Phi) is 13.6. The highest BCUT2D eigenvalue weighted by Gasteiger charge is 2.18. The van der Waals surface area contributed by atoms with Gasteiger partial charge in [-0.1, -0.05) is 90.0 Å². The summed E-state index contributed by atoms with van der Waals surface area (Å²) in [6, 6.07) is 26.2. The van der Waals surface area contributed by atoms with Gasteiger partial charge in [0.25, 0.3) is 0 Å². The van der Waals surface area contributed by atoms with E-state index in [1.54, 1.807) is 0 Å². The first-order valence-corrected chi connectivity index (χ1v) is 14.0. The van der Waals surface area contributed by atoms with Crippen molar-refractivity contribution in [1.82, 2.24) is 9.80 Å². The van der Waals surface area contributed by atoms with Gasteiger partial charge in [0.2, 0.25) is 0 Å². The van der Waals surface area contributed by atoms with Crippen LogP contribution in [-0.2, 0) is 14.3 Å². The van der Waals surface area contributed by atoms with Crippen molar-refractivity contribution in [2.75, 3.05) is 45.9 Å². The molecule has 3 aromatic rings. The van der Waals surface area contributed by atoms with Gasteiger partial charge in [-0.05, 0) is 41.0 Å². The van der Waals surface area contributed by atoms with Crippen LogP contribution in [0, 0.1) is 0 Å². The quantitative estimate of drug-likeness (QED) is 0.257. The lowest BCUT2D eigenvalue weighted by Crippen LogP contribution is -2.47. The van der Waals surface area contributed by atoms with E-state index in [1.807, 2.05) is 54.6 Å². The molecule has 0 radical (unpaired) electrons. The van der Waals surface area contributed by atoms with Crippen LogP contribution in [0.4, 0.5) is 0 Å². The lowest BCUT2D eigenvalue weighted by atomic mass is 10.0. The van der Waals surface area contributed by atoms with Crippen molar-refractivity contribution in [2.45, 2.75) is 6.10 Å². The molecule has 0 aliphatic carbocycles. The van der Waals surface area contributed by atoms with E-state index in [2.05, 4.69) is 46.2 Å². The fourth-order valence-corrected chi connectivity index (χ4v) is 4.45. The molecule has 0 amide bonds. The van der Waals surface area contributed by atoms with Gasteiger partial charge in [-0.15, -0.1) is 0 Å². The van der Waals surface area contributed by atoms with Gasteiger partial charge in [-0.25, -0.2) is 9.59 Å². The molecule has 4 rings (SSSR count). The highest BCUT2D eigenvalue weighted by atomic mass is 35.5. The van der Waals surface area contributed by atoms with Crippen molar-refractivity contribution in [3.05, 3.63) is 124 Å². The van der Waals surface area contributed by atoms with Crippen LogP contribution in [-0.4, -0.2) is 77.8 Å². The number of nitrogens with zero attached hydrogens (tertiary/aromatic N) is 2. The predicted molar refractivity (Wildman–Crippen MR) is 163 cm³/mol. The van der Waals surface area contributed by atoms with Crippen LogP contribution in [0.1, 0.15) is 22.8 Å². The normalized spacial score (nSPS) is 14.3. The van der Waals surface area contributed by atoms with Crippen molar-refractivity contribution in [3.8, 4) is 0 Å². The number of carbonyl (C=O) groups is 2. The van der Waals surface area contributed by atoms with Crippen LogP contribution >= 0.6 is 23.2 Å². The number of hydrogen-bond donors (Lipinski definition) is 2. The molecule has 216 valence electrons. The Morgan fingerprint density at radius 3 is 1.73 bits per heavy atom. The number of carboxylic acids is 2. The van der Waals surface area contributed by atoms with Gasteiger partial charge in [0.15, 0.2) is 0 Å². The van der Waals surface area contributed by atoms with E-state index in [4.69, 9.17) is 38.2 Å². The summed E-state index contributed by atoms with van der Waals surface area (Å²) >= 11 is 12.2. The Labute approximate surface area is 250 Å². The molecule has 1 aliphatic rings. The number of benzene rings is 3. The van der Waals surface area contributed by atoms with Gasteiger partial charge in [0.1, 0.15) is 6.10 Å². The molecule has 9 heteroatoms. The number of piperazine rings is 1. The summed E-state index contributed by atoms with van der Waals surface area (Å²) in [6.45, 7) is 6.88. The van der Waals surface area contributed by atoms with Crippen molar-refractivity contribution in [3.63, 3.8) is 0 Å². The van der Waals surface area contributed by atoms with E-state index in [0.29, 0.717) is 18.8 Å². The fourth-order valence-electron chi connectivity index (χ4n) is 4.20. The van der Waals surface area contributed by atoms with Gasteiger partial charge in [0.05, 0.1) is 6.61 Å². The molecule has 1 saturated heterocycles. The minimum Gasteiger partial charge on any atom is -0.478 e. The highest BCUT2D eigenvalue weighted by molar-refractivity contribution is 6.30. The monoisotopic (exact) mass is 596 g/mol. The Balaban J connectivity index is 0.000000507. The third-order valence-corrected chi connectivity index (χ3v) is 6.85. The number of halogens is 2. The summed E-state index contributed by atoms with van der Waals surface area (Å²) in [5.74, 6) is -2.51. The summed E-state index contributed by atoms with van der Waals surface area (Å²) < 4.78 is 6.38. The summed E-state index contributed by atoms with van der Waals surface area (Å²) in [5.41, 5.74) is 3.44. The average molecular weight is 598 g/mol. The van der Waals surface area contributed by atoms with Gasteiger partial charge in [-0.3, -0.25) is 9.80 Å². The van der Waals surface area contributed by atoms with E-state index in [9.17, 15) is 9.59 Å². The molecule has 1 fully saturated rings. The molecular formula is C32H34Cl2N2O5. The number of ether oxygens (including phenoxy) is 1. The Morgan fingerprint density at radius 1 is 0.756 bits per heavy atom. The molecule has 0 unspecified atom stereocenters. The fraction of sp³-hybridized carbons (Fsp3) is 0.250. The lowest BCUT2D eigenvalue weighted by Gasteiger charge is -2.34. The zero-order chi connectivity index (χ0) is 29.5. The maximum Gasteiger partial charge on any atom is 0.328 e. The average Bonchev–Trinajstić information content (AvgIpc) is 2.97. The summed E-state index contributed by atoms with van der Waals surface area (Å²) in [5, 5.41) is 17.1. The van der Waals surface area contributed by atoms with E-state index in [1.165, 1.54) is 5.56 Å². The molecule has 1 aliphatic heterocycles. The SMILES string of the molecule is Clc1ccc(C(OCCN2CCN(CC=Cc3ccccc3)CC2)c2ccc(Cl)cc2)cc1.O=C(O)C=CC(=O)O. The Bertz CT molecular complexity index is 1210.